The number of nitrogens with zero attached hydrogens (tertiary/aromatic N) is 2. The molecule has 0 aromatic heterocycles. The van der Waals surface area contributed by atoms with Crippen molar-refractivity contribution in [1.82, 2.24) is 9.21 Å². The number of piperazine rings is 1. The molecule has 1 heterocycles. The Balaban J connectivity index is 1.87. The molecule has 1 aromatic carbocycles. The molecule has 2 rings (SSSR count). The lowest BCUT2D eigenvalue weighted by atomic mass is 10.2. The van der Waals surface area contributed by atoms with Crippen LogP contribution in [0.15, 0.2) is 29.2 Å². The predicted molar refractivity (Wildman–Crippen MR) is 103 cm³/mol. The van der Waals surface area contributed by atoms with Gasteiger partial charge in [0.2, 0.25) is 10.0 Å². The number of hydrogen-bond donors (Lipinski definition) is 0. The minimum atomic E-state index is -3.60. The fourth-order valence-corrected chi connectivity index (χ4v) is 4.42. The van der Waals surface area contributed by atoms with Crippen molar-refractivity contribution in [2.45, 2.75) is 31.6 Å². The quantitative estimate of drug-likeness (QED) is 0.568. The van der Waals surface area contributed by atoms with Crippen molar-refractivity contribution in [3.8, 4) is 0 Å². The highest BCUT2D eigenvalue weighted by atomic mass is 32.2. The van der Waals surface area contributed by atoms with E-state index in [-0.39, 0.29) is 17.5 Å². The predicted octanol–water partition coefficient (Wildman–Crippen LogP) is 1.51. The molecule has 0 unspecified atom stereocenters. The van der Waals surface area contributed by atoms with Crippen LogP contribution in [0.1, 0.15) is 37.0 Å². The van der Waals surface area contributed by atoms with Gasteiger partial charge in [0.05, 0.1) is 23.7 Å². The molecule has 8 nitrogen and oxygen atoms in total. The zero-order valence-electron chi connectivity index (χ0n) is 16.4. The highest BCUT2D eigenvalue weighted by Gasteiger charge is 2.28. The molecule has 0 radical (unpaired) electrons. The Kier molecular flexibility index (Phi) is 8.40. The summed E-state index contributed by atoms with van der Waals surface area (Å²) in [4.78, 5) is 25.4. The van der Waals surface area contributed by atoms with Gasteiger partial charge in [-0.2, -0.15) is 4.31 Å². The summed E-state index contributed by atoms with van der Waals surface area (Å²) >= 11 is 0. The first-order valence-electron chi connectivity index (χ1n) is 9.53. The van der Waals surface area contributed by atoms with Gasteiger partial charge < -0.3 is 14.4 Å². The lowest BCUT2D eigenvalue weighted by Crippen LogP contribution is -2.48. The van der Waals surface area contributed by atoms with E-state index in [9.17, 15) is 18.0 Å². The molecule has 28 heavy (non-hydrogen) atoms. The van der Waals surface area contributed by atoms with Gasteiger partial charge >= 0.3 is 11.9 Å². The van der Waals surface area contributed by atoms with Crippen LogP contribution in [0.25, 0.3) is 0 Å². The number of carbonyl (C=O) groups excluding carboxylic acids is 2. The largest absolute Gasteiger partial charge is 0.466 e. The second kappa shape index (κ2) is 10.5. The number of sulfonamides is 1. The second-order valence-corrected chi connectivity index (χ2v) is 8.34. The number of benzene rings is 1. The highest BCUT2D eigenvalue weighted by Crippen LogP contribution is 2.19. The van der Waals surface area contributed by atoms with Gasteiger partial charge in [-0.3, -0.25) is 4.79 Å². The molecular formula is C19H28N2O6S. The summed E-state index contributed by atoms with van der Waals surface area (Å²) in [6, 6.07) is 5.81. The normalized spacial score (nSPS) is 15.9. The Bertz CT molecular complexity index is 755. The van der Waals surface area contributed by atoms with Gasteiger partial charge in [0.1, 0.15) is 0 Å². The van der Waals surface area contributed by atoms with E-state index in [2.05, 4.69) is 4.90 Å². The Morgan fingerprint density at radius 1 is 0.964 bits per heavy atom. The number of carbonyl (C=O) groups is 2. The van der Waals surface area contributed by atoms with Gasteiger partial charge in [0, 0.05) is 32.6 Å². The Labute approximate surface area is 166 Å². The molecule has 0 atom stereocenters. The summed E-state index contributed by atoms with van der Waals surface area (Å²) in [7, 11) is -3.60. The van der Waals surface area contributed by atoms with Gasteiger partial charge in [0.25, 0.3) is 0 Å². The van der Waals surface area contributed by atoms with E-state index in [1.807, 2.05) is 0 Å². The zero-order valence-corrected chi connectivity index (χ0v) is 17.2. The van der Waals surface area contributed by atoms with Crippen LogP contribution in [-0.4, -0.2) is 75.5 Å². The fourth-order valence-electron chi connectivity index (χ4n) is 3.00. The van der Waals surface area contributed by atoms with E-state index in [0.29, 0.717) is 51.2 Å². The van der Waals surface area contributed by atoms with Gasteiger partial charge in [-0.05, 0) is 51.1 Å². The van der Waals surface area contributed by atoms with Crippen LogP contribution in [-0.2, 0) is 24.3 Å². The molecule has 0 bridgehead atoms. The zero-order chi connectivity index (χ0) is 20.6. The van der Waals surface area contributed by atoms with Crippen molar-refractivity contribution in [2.75, 3.05) is 45.9 Å². The lowest BCUT2D eigenvalue weighted by molar-refractivity contribution is -0.143. The Hall–Kier alpha value is -1.97. The number of hydrogen-bond acceptors (Lipinski definition) is 7. The van der Waals surface area contributed by atoms with Gasteiger partial charge in [-0.1, -0.05) is 0 Å². The Morgan fingerprint density at radius 2 is 1.57 bits per heavy atom. The maximum absolute atomic E-state index is 12.8. The van der Waals surface area contributed by atoms with Crippen molar-refractivity contribution in [3.63, 3.8) is 0 Å². The third-order valence-corrected chi connectivity index (χ3v) is 6.41. The monoisotopic (exact) mass is 412 g/mol. The maximum Gasteiger partial charge on any atom is 0.338 e. The van der Waals surface area contributed by atoms with Gasteiger partial charge in [0.15, 0.2) is 0 Å². The van der Waals surface area contributed by atoms with E-state index in [1.165, 1.54) is 28.6 Å². The average molecular weight is 413 g/mol. The van der Waals surface area contributed by atoms with Crippen molar-refractivity contribution in [2.24, 2.45) is 0 Å². The fraction of sp³-hybridized carbons (Fsp3) is 0.579. The Morgan fingerprint density at radius 3 is 2.14 bits per heavy atom. The molecule has 156 valence electrons. The molecule has 1 aliphatic rings. The van der Waals surface area contributed by atoms with Crippen LogP contribution in [0.3, 0.4) is 0 Å². The average Bonchev–Trinajstić information content (AvgIpc) is 2.69. The third-order valence-electron chi connectivity index (χ3n) is 4.50. The molecule has 0 spiro atoms. The van der Waals surface area contributed by atoms with Crippen LogP contribution < -0.4 is 0 Å². The molecule has 1 aromatic rings. The van der Waals surface area contributed by atoms with Crippen LogP contribution in [0.2, 0.25) is 0 Å². The molecule has 0 saturated carbocycles. The first kappa shape index (κ1) is 22.3. The van der Waals surface area contributed by atoms with Crippen molar-refractivity contribution in [3.05, 3.63) is 29.8 Å². The van der Waals surface area contributed by atoms with Crippen molar-refractivity contribution in [1.29, 1.82) is 0 Å². The number of rotatable bonds is 9. The number of esters is 2. The molecule has 0 aliphatic carbocycles. The molecule has 1 aliphatic heterocycles. The van der Waals surface area contributed by atoms with Crippen molar-refractivity contribution >= 4 is 22.0 Å². The third kappa shape index (κ3) is 6.02. The second-order valence-electron chi connectivity index (χ2n) is 6.40. The topological polar surface area (TPSA) is 93.2 Å². The molecule has 0 amide bonds. The van der Waals surface area contributed by atoms with E-state index in [1.54, 1.807) is 13.8 Å². The molecule has 1 saturated heterocycles. The summed E-state index contributed by atoms with van der Waals surface area (Å²) in [5, 5.41) is 0. The van der Waals surface area contributed by atoms with Gasteiger partial charge in [-0.15, -0.1) is 0 Å². The summed E-state index contributed by atoms with van der Waals surface area (Å²) in [6.07, 6.45) is 1.07. The molecule has 0 N–H and O–H groups in total. The van der Waals surface area contributed by atoms with E-state index in [4.69, 9.17) is 9.47 Å². The first-order valence-corrected chi connectivity index (χ1v) is 11.0. The minimum Gasteiger partial charge on any atom is -0.466 e. The van der Waals surface area contributed by atoms with E-state index in [0.717, 1.165) is 6.54 Å². The smallest absolute Gasteiger partial charge is 0.338 e. The van der Waals surface area contributed by atoms with Crippen LogP contribution in [0.5, 0.6) is 0 Å². The highest BCUT2D eigenvalue weighted by molar-refractivity contribution is 7.89. The summed E-state index contributed by atoms with van der Waals surface area (Å²) in [5.74, 6) is -0.669. The minimum absolute atomic E-state index is 0.163. The van der Waals surface area contributed by atoms with E-state index < -0.39 is 16.0 Å². The van der Waals surface area contributed by atoms with Crippen molar-refractivity contribution < 1.29 is 27.5 Å². The molecule has 9 heteroatoms. The first-order chi connectivity index (χ1) is 13.4. The number of ether oxygens (including phenoxy) is 2. The standard InChI is InChI=1S/C19H28N2O6S/c1-3-26-18(22)6-5-11-20-12-14-21(15-13-20)28(24,25)17-9-7-16(8-10-17)19(23)27-4-2/h7-10H,3-6,11-15H2,1-2H3. The summed E-state index contributed by atoms with van der Waals surface area (Å²) in [6.45, 7) is 6.89. The van der Waals surface area contributed by atoms with Crippen LogP contribution >= 0.6 is 0 Å². The molecular weight excluding hydrogens is 384 g/mol. The van der Waals surface area contributed by atoms with Gasteiger partial charge in [-0.25, -0.2) is 13.2 Å². The molecule has 1 fully saturated rings. The summed E-state index contributed by atoms with van der Waals surface area (Å²) < 4.78 is 36.9. The van der Waals surface area contributed by atoms with Crippen LogP contribution in [0, 0.1) is 0 Å². The summed E-state index contributed by atoms with van der Waals surface area (Å²) in [5.41, 5.74) is 0.326. The van der Waals surface area contributed by atoms with Crippen LogP contribution in [0.4, 0.5) is 0 Å². The SMILES string of the molecule is CCOC(=O)CCCN1CCN(S(=O)(=O)c2ccc(C(=O)OCC)cc2)CC1. The maximum atomic E-state index is 12.8. The lowest BCUT2D eigenvalue weighted by Gasteiger charge is -2.33. The van der Waals surface area contributed by atoms with E-state index >= 15 is 0 Å².